The minimum absolute atomic E-state index is 0.00458. The van der Waals surface area contributed by atoms with Crippen LogP contribution in [-0.4, -0.2) is 68.5 Å². The van der Waals surface area contributed by atoms with E-state index in [0.717, 1.165) is 89.9 Å². The molecule has 3 unspecified atom stereocenters. The van der Waals surface area contributed by atoms with Crippen molar-refractivity contribution in [3.05, 3.63) is 60.8 Å². The highest BCUT2D eigenvalue weighted by Gasteiger charge is 2.24. The van der Waals surface area contributed by atoms with Crippen molar-refractivity contribution in [2.75, 3.05) is 40.9 Å². The van der Waals surface area contributed by atoms with Crippen molar-refractivity contribution in [1.82, 2.24) is 5.32 Å². The molecule has 9 heteroatoms. The Morgan fingerprint density at radius 1 is 0.692 bits per heavy atom. The van der Waals surface area contributed by atoms with Crippen LogP contribution in [0.4, 0.5) is 0 Å². The number of carbonyl (C=O) groups excluding carboxylic acids is 1. The number of quaternary nitrogens is 1. The normalized spacial score (nSPS) is 15.1. The molecule has 1 amide bonds. The number of hydrogen-bond donors (Lipinski definition) is 2. The van der Waals surface area contributed by atoms with Gasteiger partial charge in [0.05, 0.1) is 39.9 Å². The Kier molecular flexibility index (Phi) is 33.7. The maximum atomic E-state index is 12.8. The van der Waals surface area contributed by atoms with Crippen molar-refractivity contribution < 1.29 is 32.9 Å². The number of unbranched alkanes of at least 4 members (excludes halogenated alkanes) is 13. The number of amides is 1. The molecular formula is C43H79N2O6P. The van der Waals surface area contributed by atoms with E-state index >= 15 is 0 Å². The molecule has 8 nitrogen and oxygen atoms in total. The molecule has 0 radical (unpaired) electrons. The highest BCUT2D eigenvalue weighted by Crippen LogP contribution is 2.38. The Labute approximate surface area is 320 Å². The molecule has 0 aliphatic rings. The summed E-state index contributed by atoms with van der Waals surface area (Å²) in [5, 5.41) is 13.8. The molecule has 0 bridgehead atoms. The third kappa shape index (κ3) is 36.6. The predicted octanol–water partition coefficient (Wildman–Crippen LogP) is 10.4. The number of nitrogens with zero attached hydrogens (tertiary/aromatic N) is 1. The smallest absolute Gasteiger partial charge is 0.268 e. The summed E-state index contributed by atoms with van der Waals surface area (Å²) in [6.45, 7) is 4.53. The van der Waals surface area contributed by atoms with E-state index in [1.807, 2.05) is 21.1 Å². The van der Waals surface area contributed by atoms with E-state index in [1.165, 1.54) is 38.5 Å². The summed E-state index contributed by atoms with van der Waals surface area (Å²) < 4.78 is 23.1. The van der Waals surface area contributed by atoms with Crippen molar-refractivity contribution >= 4 is 13.7 Å². The predicted molar refractivity (Wildman–Crippen MR) is 219 cm³/mol. The van der Waals surface area contributed by atoms with Gasteiger partial charge >= 0.3 is 0 Å². The monoisotopic (exact) mass is 751 g/mol. The summed E-state index contributed by atoms with van der Waals surface area (Å²) in [6.07, 6.45) is 43.7. The molecule has 0 rings (SSSR count). The van der Waals surface area contributed by atoms with Crippen LogP contribution in [0, 0.1) is 0 Å². The van der Waals surface area contributed by atoms with Gasteiger partial charge in [-0.25, -0.2) is 0 Å². The van der Waals surface area contributed by atoms with Crippen LogP contribution < -0.4 is 10.2 Å². The van der Waals surface area contributed by atoms with Crippen LogP contribution in [0.5, 0.6) is 0 Å². The molecule has 0 aromatic carbocycles. The van der Waals surface area contributed by atoms with E-state index in [1.54, 1.807) is 0 Å². The number of rotatable bonds is 36. The number of aliphatic hydroxyl groups excluding tert-OH is 1. The van der Waals surface area contributed by atoms with E-state index in [4.69, 9.17) is 9.05 Å². The van der Waals surface area contributed by atoms with Crippen molar-refractivity contribution in [2.45, 2.75) is 167 Å². The van der Waals surface area contributed by atoms with E-state index < -0.39 is 20.0 Å². The zero-order valence-corrected chi connectivity index (χ0v) is 34.9. The Morgan fingerprint density at radius 3 is 1.71 bits per heavy atom. The number of hydrogen-bond acceptors (Lipinski definition) is 6. The number of nitrogens with one attached hydrogen (secondary N) is 1. The number of phosphoric ester groups is 1. The number of phosphoric acid groups is 1. The van der Waals surface area contributed by atoms with Crippen LogP contribution in [0.1, 0.15) is 155 Å². The fourth-order valence-electron chi connectivity index (χ4n) is 5.48. The standard InChI is InChI=1S/C43H79N2O6P/c1-6-8-10-12-14-16-17-18-19-20-21-22-23-24-25-26-27-29-31-33-35-37-43(47)44-41(40-51-52(48,49)50-39-38-45(3,4)5)42(46)36-34-32-30-28-15-13-11-9-7-2/h8,10,14,16,18-19,21-22,24-25,41-42,46H,6-7,9,11-13,15,17,20,23,26-40H2,1-5H3,(H-,44,47,48,49)/b10-8-,16-14-,19-18-,22-21-,25-24-. The fourth-order valence-corrected chi connectivity index (χ4v) is 6.20. The van der Waals surface area contributed by atoms with Gasteiger partial charge in [0.2, 0.25) is 5.91 Å². The van der Waals surface area contributed by atoms with E-state index in [9.17, 15) is 19.4 Å². The Balaban J connectivity index is 4.37. The van der Waals surface area contributed by atoms with Crippen LogP contribution in [0.3, 0.4) is 0 Å². The first-order valence-electron chi connectivity index (χ1n) is 20.6. The van der Waals surface area contributed by atoms with Crippen molar-refractivity contribution in [3.8, 4) is 0 Å². The summed E-state index contributed by atoms with van der Waals surface area (Å²) in [7, 11) is 1.28. The molecule has 0 heterocycles. The Hall–Kier alpha value is -1.80. The number of aliphatic hydroxyl groups is 1. The van der Waals surface area contributed by atoms with Gasteiger partial charge in [-0.2, -0.15) is 0 Å². The Bertz CT molecular complexity index is 1030. The number of allylic oxidation sites excluding steroid dienone is 10. The first kappa shape index (κ1) is 50.2. The molecule has 3 atom stereocenters. The molecule has 0 aromatic rings. The van der Waals surface area contributed by atoms with Gasteiger partial charge in [-0.1, -0.05) is 152 Å². The van der Waals surface area contributed by atoms with Crippen molar-refractivity contribution in [2.24, 2.45) is 0 Å². The highest BCUT2D eigenvalue weighted by atomic mass is 31.2. The van der Waals surface area contributed by atoms with Gasteiger partial charge in [0.25, 0.3) is 7.82 Å². The van der Waals surface area contributed by atoms with Crippen LogP contribution in [0.25, 0.3) is 0 Å². The lowest BCUT2D eigenvalue weighted by Gasteiger charge is -2.30. The third-order valence-corrected chi connectivity index (χ3v) is 9.73. The van der Waals surface area contributed by atoms with Gasteiger partial charge in [-0.3, -0.25) is 9.36 Å². The van der Waals surface area contributed by atoms with Crippen molar-refractivity contribution in [3.63, 3.8) is 0 Å². The molecule has 302 valence electrons. The lowest BCUT2D eigenvalue weighted by Crippen LogP contribution is -2.46. The lowest BCUT2D eigenvalue weighted by atomic mass is 10.0. The van der Waals surface area contributed by atoms with E-state index in [2.05, 4.69) is 79.9 Å². The molecule has 2 N–H and O–H groups in total. The quantitative estimate of drug-likeness (QED) is 0.0286. The zero-order valence-electron chi connectivity index (χ0n) is 34.0. The van der Waals surface area contributed by atoms with Gasteiger partial charge in [0, 0.05) is 6.42 Å². The van der Waals surface area contributed by atoms with Crippen molar-refractivity contribution in [1.29, 1.82) is 0 Å². The first-order valence-corrected chi connectivity index (χ1v) is 22.1. The van der Waals surface area contributed by atoms with Gasteiger partial charge < -0.3 is 28.8 Å². The van der Waals surface area contributed by atoms with E-state index in [0.29, 0.717) is 23.9 Å². The molecule has 0 saturated carbocycles. The second kappa shape index (κ2) is 34.9. The van der Waals surface area contributed by atoms with Crippen LogP contribution in [0.15, 0.2) is 60.8 Å². The third-order valence-electron chi connectivity index (χ3n) is 8.77. The zero-order chi connectivity index (χ0) is 38.6. The molecule has 0 fully saturated rings. The second-order valence-electron chi connectivity index (χ2n) is 15.0. The van der Waals surface area contributed by atoms with Crippen LogP contribution in [-0.2, 0) is 18.4 Å². The van der Waals surface area contributed by atoms with Gasteiger partial charge in [0.15, 0.2) is 0 Å². The van der Waals surface area contributed by atoms with Gasteiger partial charge in [-0.15, -0.1) is 0 Å². The maximum absolute atomic E-state index is 12.8. The molecule has 0 aliphatic carbocycles. The molecular weight excluding hydrogens is 671 g/mol. The van der Waals surface area contributed by atoms with Gasteiger partial charge in [-0.05, 0) is 57.8 Å². The van der Waals surface area contributed by atoms with Crippen LogP contribution >= 0.6 is 7.82 Å². The van der Waals surface area contributed by atoms with E-state index in [-0.39, 0.29) is 19.1 Å². The summed E-state index contributed by atoms with van der Waals surface area (Å²) in [4.78, 5) is 25.2. The first-order chi connectivity index (χ1) is 25.0. The molecule has 0 aliphatic heterocycles. The van der Waals surface area contributed by atoms with Gasteiger partial charge in [0.1, 0.15) is 13.2 Å². The maximum Gasteiger partial charge on any atom is 0.268 e. The largest absolute Gasteiger partial charge is 0.756 e. The minimum Gasteiger partial charge on any atom is -0.756 e. The fraction of sp³-hybridized carbons (Fsp3) is 0.744. The lowest BCUT2D eigenvalue weighted by molar-refractivity contribution is -0.870. The number of likely N-dealkylation sites (N-methyl/N-ethyl adjacent to an activating group) is 1. The topological polar surface area (TPSA) is 108 Å². The average molecular weight is 751 g/mol. The molecule has 52 heavy (non-hydrogen) atoms. The van der Waals surface area contributed by atoms with Crippen LogP contribution in [0.2, 0.25) is 0 Å². The SMILES string of the molecule is CC/C=C\C/C=C\C/C=C\C/C=C\C/C=C\CCCCCCCC(=O)NC(COP(=O)([O-])OCC[N+](C)(C)C)C(O)CCCCCCCCCCC. The second-order valence-corrected chi connectivity index (χ2v) is 16.4. The Morgan fingerprint density at radius 2 is 1.17 bits per heavy atom. The molecule has 0 spiro atoms. The summed E-state index contributed by atoms with van der Waals surface area (Å²) in [5.41, 5.74) is 0. The number of carbonyl (C=O) groups is 1. The summed E-state index contributed by atoms with van der Waals surface area (Å²) in [6, 6.07) is -0.811. The minimum atomic E-state index is -4.56. The highest BCUT2D eigenvalue weighted by molar-refractivity contribution is 7.45. The summed E-state index contributed by atoms with van der Waals surface area (Å²) >= 11 is 0. The summed E-state index contributed by atoms with van der Waals surface area (Å²) in [5.74, 6) is -0.190. The molecule has 0 aromatic heterocycles. The molecule has 0 saturated heterocycles. The average Bonchev–Trinajstić information content (AvgIpc) is 3.09.